The van der Waals surface area contributed by atoms with Gasteiger partial charge in [-0.3, -0.25) is 24.0 Å². The Morgan fingerprint density at radius 3 is 1.57 bits per heavy atom. The van der Waals surface area contributed by atoms with Gasteiger partial charge in [0.05, 0.1) is 39.1 Å². The molecule has 424 valence electrons. The SMILES string of the molecule is C[C@@H]1O[C@@H](OCCNC(=O)CN(CC(=O)NCCO[C@H]2O[C@H](CO[C@H]3O[C@H](CO)[C@@H](O)[C@H](O)[C@@H]3O)[C@@H](O)[C@H](O[C@H]3O[C@H](CO)[C@@H](O)[C@H](O)[C@@H]3O)[C@@H]2O)C(=O)CCCCC(=O)ON2C(=O)CCC2=O)[C@@H](O)[C@H](O)[C@@H]1O. The third kappa shape index (κ3) is 15.9. The summed E-state index contributed by atoms with van der Waals surface area (Å²) in [7, 11) is 0. The van der Waals surface area contributed by atoms with Crippen molar-refractivity contribution in [1.82, 2.24) is 20.6 Å². The van der Waals surface area contributed by atoms with Gasteiger partial charge in [0.2, 0.25) is 17.7 Å². The topological polar surface area (TPSA) is 479 Å². The molecule has 5 rings (SSSR count). The van der Waals surface area contributed by atoms with E-state index in [4.69, 9.17) is 42.7 Å². The number of aliphatic hydroxyl groups is 13. The average Bonchev–Trinajstić information content (AvgIpc) is 3.69. The zero-order valence-electron chi connectivity index (χ0n) is 40.0. The third-order valence-corrected chi connectivity index (χ3v) is 12.5. The molecular formula is C42H68N4O28. The predicted molar refractivity (Wildman–Crippen MR) is 232 cm³/mol. The van der Waals surface area contributed by atoms with Crippen LogP contribution >= 0.6 is 0 Å². The second-order valence-corrected chi connectivity index (χ2v) is 18.0. The van der Waals surface area contributed by atoms with Gasteiger partial charge in [-0.05, 0) is 19.8 Å². The van der Waals surface area contributed by atoms with Crippen LogP contribution in [0.1, 0.15) is 45.4 Å². The molecule has 32 heteroatoms. The number of imide groups is 1. The number of aliphatic hydroxyl groups excluding tert-OH is 13. The van der Waals surface area contributed by atoms with Gasteiger partial charge in [-0.1, -0.05) is 0 Å². The highest BCUT2D eigenvalue weighted by atomic mass is 16.8. The minimum absolute atomic E-state index is 0.0218. The predicted octanol–water partition coefficient (Wildman–Crippen LogP) is -10.5. The molecule has 15 N–H and O–H groups in total. The number of hydrogen-bond donors (Lipinski definition) is 15. The molecule has 5 fully saturated rings. The van der Waals surface area contributed by atoms with Gasteiger partial charge in [-0.25, -0.2) is 4.79 Å². The van der Waals surface area contributed by atoms with Gasteiger partial charge in [0, 0.05) is 38.8 Å². The van der Waals surface area contributed by atoms with Crippen molar-refractivity contribution in [3.63, 3.8) is 0 Å². The van der Waals surface area contributed by atoms with Crippen molar-refractivity contribution in [3.05, 3.63) is 0 Å². The number of hydroxylamine groups is 2. The second kappa shape index (κ2) is 28.5. The molecule has 0 aromatic heterocycles. The molecule has 0 aliphatic carbocycles. The summed E-state index contributed by atoms with van der Waals surface area (Å²) in [4.78, 5) is 81.2. The highest BCUT2D eigenvalue weighted by Gasteiger charge is 2.52. The van der Waals surface area contributed by atoms with Crippen molar-refractivity contribution in [1.29, 1.82) is 0 Å². The zero-order valence-corrected chi connectivity index (χ0v) is 40.0. The van der Waals surface area contributed by atoms with Gasteiger partial charge in [0.25, 0.3) is 11.8 Å². The van der Waals surface area contributed by atoms with E-state index in [9.17, 15) is 95.2 Å². The van der Waals surface area contributed by atoms with Crippen LogP contribution in [0.5, 0.6) is 0 Å². The number of hydrogen-bond acceptors (Lipinski definition) is 28. The molecule has 32 nitrogen and oxygen atoms in total. The van der Waals surface area contributed by atoms with E-state index in [-0.39, 0.29) is 58.2 Å². The van der Waals surface area contributed by atoms with E-state index in [1.807, 2.05) is 0 Å². The Labute approximate surface area is 421 Å². The number of amides is 5. The van der Waals surface area contributed by atoms with Gasteiger partial charge in [0.1, 0.15) is 105 Å². The first kappa shape index (κ1) is 61.0. The number of carbonyl (C=O) groups is 6. The Kier molecular flexibility index (Phi) is 23.5. The minimum atomic E-state index is -2.00. The summed E-state index contributed by atoms with van der Waals surface area (Å²) in [6, 6.07) is 0. The van der Waals surface area contributed by atoms with Crippen molar-refractivity contribution >= 4 is 35.5 Å². The summed E-state index contributed by atoms with van der Waals surface area (Å²) in [6.07, 6.45) is -34.5. The number of unbranched alkanes of at least 4 members (excludes halogenated alkanes) is 1. The monoisotopic (exact) mass is 1080 g/mol. The van der Waals surface area contributed by atoms with E-state index < -0.39 is 198 Å². The molecule has 5 amide bonds. The Balaban J connectivity index is 1.18. The normalized spacial score (nSPS) is 37.6. The van der Waals surface area contributed by atoms with E-state index in [0.29, 0.717) is 5.06 Å². The first-order valence-corrected chi connectivity index (χ1v) is 23.8. The molecule has 0 aromatic rings. The summed E-state index contributed by atoms with van der Waals surface area (Å²) >= 11 is 0. The molecular weight excluding hydrogens is 1010 g/mol. The number of carbonyl (C=O) groups excluding carboxylic acids is 6. The third-order valence-electron chi connectivity index (χ3n) is 12.5. The first-order valence-electron chi connectivity index (χ1n) is 23.8. The highest BCUT2D eigenvalue weighted by molar-refractivity contribution is 6.01. The lowest BCUT2D eigenvalue weighted by molar-refractivity contribution is -0.366. The van der Waals surface area contributed by atoms with E-state index in [2.05, 4.69) is 10.6 Å². The van der Waals surface area contributed by atoms with Crippen LogP contribution in [0, 0.1) is 0 Å². The van der Waals surface area contributed by atoms with Crippen LogP contribution < -0.4 is 10.6 Å². The van der Waals surface area contributed by atoms with Crippen molar-refractivity contribution < 1.29 is 138 Å². The lowest BCUT2D eigenvalue weighted by Crippen LogP contribution is -2.65. The van der Waals surface area contributed by atoms with Crippen LogP contribution in [0.15, 0.2) is 0 Å². The maximum atomic E-state index is 13.4. The standard InChI is InChI=1S/C42H68N4O28/c1-17-27(55)31(59)34(62)39(69-17)66-10-8-43-21(49)12-45(23(51)4-2-3-5-26(54)74-46-24(52)6-7-25(46)53)13-22(50)44-9-11-67-41-37(65)38(73-42-36(64)33(61)29(57)19(15-48)71-42)30(58)20(72-41)16-68-40-35(63)32(60)28(56)18(14-47)70-40/h17-20,27-42,47-48,55-65H,2-16H2,1H3,(H,43,49)(H,44,50)/t17-,18+,19+,20+,27+,28+,29+,30+,31+,32-,33-,34-,35-,36-,37-,38-,39+,40-,41-,42+/m0/s1. The van der Waals surface area contributed by atoms with Crippen LogP contribution in [0.4, 0.5) is 0 Å². The van der Waals surface area contributed by atoms with Crippen molar-refractivity contribution in [2.75, 3.05) is 59.2 Å². The van der Waals surface area contributed by atoms with Gasteiger partial charge in [-0.2, -0.15) is 0 Å². The van der Waals surface area contributed by atoms with E-state index in [0.717, 1.165) is 4.90 Å². The molecule has 0 aromatic carbocycles. The molecule has 0 unspecified atom stereocenters. The van der Waals surface area contributed by atoms with E-state index in [1.54, 1.807) is 0 Å². The van der Waals surface area contributed by atoms with Crippen LogP contribution in [-0.4, -0.2) is 294 Å². The minimum Gasteiger partial charge on any atom is -0.394 e. The average molecular weight is 1080 g/mol. The summed E-state index contributed by atoms with van der Waals surface area (Å²) in [6.45, 7) is -3.76. The Bertz CT molecular complexity index is 1840. The number of rotatable bonds is 25. The van der Waals surface area contributed by atoms with Gasteiger partial charge >= 0.3 is 5.97 Å². The lowest BCUT2D eigenvalue weighted by Gasteiger charge is -2.46. The Morgan fingerprint density at radius 1 is 0.568 bits per heavy atom. The fourth-order valence-corrected chi connectivity index (χ4v) is 8.15. The molecule has 74 heavy (non-hydrogen) atoms. The number of nitrogens with zero attached hydrogens (tertiary/aromatic N) is 2. The smallest absolute Gasteiger partial charge is 0.333 e. The molecule has 5 aliphatic rings. The fraction of sp³-hybridized carbons (Fsp3) is 0.857. The van der Waals surface area contributed by atoms with Crippen LogP contribution in [0.25, 0.3) is 0 Å². The van der Waals surface area contributed by atoms with Crippen LogP contribution in [-0.2, 0) is 71.5 Å². The van der Waals surface area contributed by atoms with Gasteiger partial charge in [-0.15, -0.1) is 5.06 Å². The fourth-order valence-electron chi connectivity index (χ4n) is 8.15. The molecule has 0 saturated carbocycles. The molecule has 0 spiro atoms. The molecule has 5 aliphatic heterocycles. The molecule has 5 saturated heterocycles. The maximum absolute atomic E-state index is 13.4. The quantitative estimate of drug-likeness (QED) is 0.0298. The van der Waals surface area contributed by atoms with Crippen molar-refractivity contribution in [2.24, 2.45) is 0 Å². The Morgan fingerprint density at radius 2 is 1.03 bits per heavy atom. The first-order chi connectivity index (χ1) is 35.1. The molecule has 20 atom stereocenters. The van der Waals surface area contributed by atoms with Gasteiger partial charge in [0.15, 0.2) is 25.2 Å². The van der Waals surface area contributed by atoms with Crippen molar-refractivity contribution in [3.8, 4) is 0 Å². The summed E-state index contributed by atoms with van der Waals surface area (Å²) in [5, 5.41) is 139. The van der Waals surface area contributed by atoms with E-state index >= 15 is 0 Å². The number of nitrogens with one attached hydrogen (secondary N) is 2. The molecule has 0 bridgehead atoms. The maximum Gasteiger partial charge on any atom is 0.333 e. The highest BCUT2D eigenvalue weighted by Crippen LogP contribution is 2.31. The summed E-state index contributed by atoms with van der Waals surface area (Å²) in [5.41, 5.74) is 0. The largest absolute Gasteiger partial charge is 0.394 e. The summed E-state index contributed by atoms with van der Waals surface area (Å²) < 4.78 is 44.0. The zero-order chi connectivity index (χ0) is 54.6. The van der Waals surface area contributed by atoms with Crippen LogP contribution in [0.3, 0.4) is 0 Å². The Hall–Kier alpha value is -3.82. The van der Waals surface area contributed by atoms with E-state index in [1.165, 1.54) is 6.92 Å². The van der Waals surface area contributed by atoms with Crippen molar-refractivity contribution in [2.45, 2.75) is 168 Å². The molecule has 0 radical (unpaired) electrons. The summed E-state index contributed by atoms with van der Waals surface area (Å²) in [5.74, 6) is -4.65. The van der Waals surface area contributed by atoms with Gasteiger partial charge < -0.3 is 125 Å². The van der Waals surface area contributed by atoms with Crippen LogP contribution in [0.2, 0.25) is 0 Å². The molecule has 5 heterocycles. The number of ether oxygens (including phenoxy) is 8. The lowest BCUT2D eigenvalue weighted by atomic mass is 9.96. The second-order valence-electron chi connectivity index (χ2n) is 18.0.